The third-order valence-corrected chi connectivity index (χ3v) is 3.61. The molecule has 0 saturated carbocycles. The molecule has 0 saturated heterocycles. The molecule has 0 aliphatic rings. The van der Waals surface area contributed by atoms with Crippen molar-refractivity contribution in [1.29, 1.82) is 0 Å². The minimum atomic E-state index is -1.14. The lowest BCUT2D eigenvalue weighted by Gasteiger charge is -2.25. The lowest BCUT2D eigenvalue weighted by molar-refractivity contribution is -0.147. The van der Waals surface area contributed by atoms with Crippen molar-refractivity contribution in [1.82, 2.24) is 5.32 Å². The number of carbonyl (C=O) groups is 2. The fourth-order valence-electron chi connectivity index (χ4n) is 1.86. The highest BCUT2D eigenvalue weighted by Crippen LogP contribution is 2.18. The van der Waals surface area contributed by atoms with Gasteiger partial charge in [0, 0.05) is 6.42 Å². The molecule has 0 radical (unpaired) electrons. The molecule has 0 spiro atoms. The first-order chi connectivity index (χ1) is 8.39. The normalized spacial score (nSPS) is 15.8. The average molecular weight is 257 g/mol. The molecule has 0 fully saturated rings. The molecule has 2 unspecified atom stereocenters. The monoisotopic (exact) mass is 257 g/mol. The molecule has 0 aromatic heterocycles. The zero-order valence-electron chi connectivity index (χ0n) is 12.1. The summed E-state index contributed by atoms with van der Waals surface area (Å²) in [5, 5.41) is 11.7. The number of aliphatic carboxylic acids is 1. The summed E-state index contributed by atoms with van der Waals surface area (Å²) in [7, 11) is 0. The van der Waals surface area contributed by atoms with Gasteiger partial charge in [-0.15, -0.1) is 0 Å². The number of carbonyl (C=O) groups excluding carboxylic acids is 1. The van der Waals surface area contributed by atoms with E-state index >= 15 is 0 Å². The molecule has 2 N–H and O–H groups in total. The van der Waals surface area contributed by atoms with Gasteiger partial charge < -0.3 is 10.4 Å². The van der Waals surface area contributed by atoms with Crippen molar-refractivity contribution in [3.63, 3.8) is 0 Å². The van der Waals surface area contributed by atoms with Crippen molar-refractivity contribution in [3.05, 3.63) is 0 Å². The third kappa shape index (κ3) is 5.52. The Labute approximate surface area is 110 Å². The molecule has 0 aliphatic heterocycles. The van der Waals surface area contributed by atoms with Gasteiger partial charge in [-0.05, 0) is 25.7 Å². The van der Waals surface area contributed by atoms with Gasteiger partial charge in [-0.2, -0.15) is 0 Å². The largest absolute Gasteiger partial charge is 0.480 e. The Hall–Kier alpha value is -1.06. The van der Waals surface area contributed by atoms with Crippen molar-refractivity contribution >= 4 is 11.9 Å². The number of unbranched alkanes of at least 4 members (excludes halogenated alkanes) is 1. The Morgan fingerprint density at radius 3 is 2.28 bits per heavy atom. The lowest BCUT2D eigenvalue weighted by atomic mass is 9.93. The lowest BCUT2D eigenvalue weighted by Crippen LogP contribution is -2.52. The SMILES string of the molecule is CCCCC(CC)CC(=O)NC(C)(CC)C(=O)O. The van der Waals surface area contributed by atoms with Gasteiger partial charge in [-0.1, -0.05) is 40.0 Å². The highest BCUT2D eigenvalue weighted by atomic mass is 16.4. The standard InChI is InChI=1S/C14H27NO3/c1-5-8-9-11(6-2)10-12(16)15-14(4,7-3)13(17)18/h11H,5-10H2,1-4H3,(H,15,16)(H,17,18). The molecule has 1 amide bonds. The van der Waals surface area contributed by atoms with E-state index in [1.54, 1.807) is 13.8 Å². The first-order valence-corrected chi connectivity index (χ1v) is 6.94. The van der Waals surface area contributed by atoms with Gasteiger partial charge >= 0.3 is 5.97 Å². The van der Waals surface area contributed by atoms with Crippen molar-refractivity contribution in [2.75, 3.05) is 0 Å². The van der Waals surface area contributed by atoms with E-state index in [2.05, 4.69) is 19.2 Å². The predicted molar refractivity (Wildman–Crippen MR) is 72.4 cm³/mol. The van der Waals surface area contributed by atoms with Crippen LogP contribution in [0.4, 0.5) is 0 Å². The van der Waals surface area contributed by atoms with Crippen LogP contribution in [0.25, 0.3) is 0 Å². The molecular formula is C14H27NO3. The van der Waals surface area contributed by atoms with E-state index in [-0.39, 0.29) is 5.91 Å². The van der Waals surface area contributed by atoms with Crippen molar-refractivity contribution in [2.45, 2.75) is 71.8 Å². The maximum absolute atomic E-state index is 11.9. The minimum absolute atomic E-state index is 0.148. The molecule has 4 nitrogen and oxygen atoms in total. The maximum atomic E-state index is 11.9. The second kappa shape index (κ2) is 8.11. The molecule has 2 atom stereocenters. The maximum Gasteiger partial charge on any atom is 0.329 e. The molecular weight excluding hydrogens is 230 g/mol. The molecule has 4 heteroatoms. The molecule has 106 valence electrons. The van der Waals surface area contributed by atoms with Crippen LogP contribution >= 0.6 is 0 Å². The van der Waals surface area contributed by atoms with Crippen LogP contribution in [0.1, 0.15) is 66.2 Å². The molecule has 0 aromatic carbocycles. The van der Waals surface area contributed by atoms with E-state index in [4.69, 9.17) is 5.11 Å². The summed E-state index contributed by atoms with van der Waals surface area (Å²) in [5.41, 5.74) is -1.14. The smallest absolute Gasteiger partial charge is 0.329 e. The van der Waals surface area contributed by atoms with Crippen LogP contribution in [0.3, 0.4) is 0 Å². The number of rotatable bonds is 9. The quantitative estimate of drug-likeness (QED) is 0.667. The Kier molecular flexibility index (Phi) is 7.64. The van der Waals surface area contributed by atoms with E-state index in [1.165, 1.54) is 0 Å². The number of amides is 1. The fourth-order valence-corrected chi connectivity index (χ4v) is 1.86. The summed E-state index contributed by atoms with van der Waals surface area (Å²) in [4.78, 5) is 23.0. The van der Waals surface area contributed by atoms with E-state index in [1.807, 2.05) is 0 Å². The first kappa shape index (κ1) is 16.9. The summed E-state index contributed by atoms with van der Waals surface area (Å²) in [6.07, 6.45) is 5.06. The summed E-state index contributed by atoms with van der Waals surface area (Å²) >= 11 is 0. The average Bonchev–Trinajstić information content (AvgIpc) is 2.33. The summed E-state index contributed by atoms with van der Waals surface area (Å²) in [6, 6.07) is 0. The number of carboxylic acids is 1. The number of nitrogens with one attached hydrogen (secondary N) is 1. The summed E-state index contributed by atoms with van der Waals surface area (Å²) in [5.74, 6) is -0.760. The molecule has 18 heavy (non-hydrogen) atoms. The van der Waals surface area contributed by atoms with Crippen LogP contribution in [0.2, 0.25) is 0 Å². The van der Waals surface area contributed by atoms with Gasteiger partial charge in [-0.25, -0.2) is 4.79 Å². The first-order valence-electron chi connectivity index (χ1n) is 6.94. The fraction of sp³-hybridized carbons (Fsp3) is 0.857. The topological polar surface area (TPSA) is 66.4 Å². The van der Waals surface area contributed by atoms with E-state index in [0.717, 1.165) is 25.7 Å². The van der Waals surface area contributed by atoms with Crippen LogP contribution < -0.4 is 5.32 Å². The highest BCUT2D eigenvalue weighted by Gasteiger charge is 2.32. The molecule has 0 heterocycles. The van der Waals surface area contributed by atoms with Crippen LogP contribution in [0.15, 0.2) is 0 Å². The zero-order chi connectivity index (χ0) is 14.2. The van der Waals surface area contributed by atoms with E-state index in [9.17, 15) is 9.59 Å². The van der Waals surface area contributed by atoms with Crippen molar-refractivity contribution in [2.24, 2.45) is 5.92 Å². The Morgan fingerprint density at radius 1 is 1.28 bits per heavy atom. The van der Waals surface area contributed by atoms with Crippen LogP contribution in [-0.2, 0) is 9.59 Å². The Balaban J connectivity index is 4.35. The Morgan fingerprint density at radius 2 is 1.89 bits per heavy atom. The second-order valence-electron chi connectivity index (χ2n) is 5.16. The molecule has 0 bridgehead atoms. The third-order valence-electron chi connectivity index (χ3n) is 3.61. The molecule has 0 aromatic rings. The minimum Gasteiger partial charge on any atom is -0.480 e. The Bertz CT molecular complexity index is 278. The van der Waals surface area contributed by atoms with Gasteiger partial charge in [0.1, 0.15) is 5.54 Å². The number of carboxylic acid groups (broad SMARTS) is 1. The van der Waals surface area contributed by atoms with E-state index < -0.39 is 11.5 Å². The summed E-state index contributed by atoms with van der Waals surface area (Å²) < 4.78 is 0. The number of hydrogen-bond donors (Lipinski definition) is 2. The summed E-state index contributed by atoms with van der Waals surface area (Å²) in [6.45, 7) is 7.53. The van der Waals surface area contributed by atoms with Gasteiger partial charge in [0.15, 0.2) is 0 Å². The van der Waals surface area contributed by atoms with Crippen molar-refractivity contribution < 1.29 is 14.7 Å². The van der Waals surface area contributed by atoms with Crippen LogP contribution in [-0.4, -0.2) is 22.5 Å². The van der Waals surface area contributed by atoms with Crippen LogP contribution in [0, 0.1) is 5.92 Å². The van der Waals surface area contributed by atoms with Gasteiger partial charge in [0.25, 0.3) is 0 Å². The zero-order valence-corrected chi connectivity index (χ0v) is 12.1. The van der Waals surface area contributed by atoms with Gasteiger partial charge in [0.2, 0.25) is 5.91 Å². The number of hydrogen-bond acceptors (Lipinski definition) is 2. The van der Waals surface area contributed by atoms with Gasteiger partial charge in [0.05, 0.1) is 0 Å². The van der Waals surface area contributed by atoms with Crippen LogP contribution in [0.5, 0.6) is 0 Å². The predicted octanol–water partition coefficient (Wildman–Crippen LogP) is 2.96. The van der Waals surface area contributed by atoms with E-state index in [0.29, 0.717) is 18.8 Å². The molecule has 0 rings (SSSR count). The molecule has 0 aliphatic carbocycles. The highest BCUT2D eigenvalue weighted by molar-refractivity contribution is 5.86. The van der Waals surface area contributed by atoms with Crippen molar-refractivity contribution in [3.8, 4) is 0 Å². The second-order valence-corrected chi connectivity index (χ2v) is 5.16. The van der Waals surface area contributed by atoms with Gasteiger partial charge in [-0.3, -0.25) is 4.79 Å².